The lowest BCUT2D eigenvalue weighted by Gasteiger charge is -2.12. The van der Waals surface area contributed by atoms with Crippen molar-refractivity contribution in [3.63, 3.8) is 0 Å². The van der Waals surface area contributed by atoms with E-state index in [0.29, 0.717) is 5.75 Å². The highest BCUT2D eigenvalue weighted by molar-refractivity contribution is 6.15. The van der Waals surface area contributed by atoms with Gasteiger partial charge in [0.25, 0.3) is 0 Å². The van der Waals surface area contributed by atoms with Gasteiger partial charge in [-0.2, -0.15) is 0 Å². The third-order valence-corrected chi connectivity index (χ3v) is 3.39. The number of carbonyl (C=O) groups is 3. The first-order valence-electron chi connectivity index (χ1n) is 7.28. The third-order valence-electron chi connectivity index (χ3n) is 3.39. The summed E-state index contributed by atoms with van der Waals surface area (Å²) in [5, 5.41) is 9.26. The maximum atomic E-state index is 12.8. The minimum atomic E-state index is -1.22. The molecule has 0 atom stereocenters. The van der Waals surface area contributed by atoms with Gasteiger partial charge in [-0.3, -0.25) is 4.79 Å². The number of carbonyl (C=O) groups excluding carboxylic acids is 2. The van der Waals surface area contributed by atoms with E-state index in [1.165, 1.54) is 50.4 Å². The summed E-state index contributed by atoms with van der Waals surface area (Å²) in [7, 11) is 1.43. The van der Waals surface area contributed by atoms with Crippen molar-refractivity contribution in [3.05, 3.63) is 71.3 Å². The van der Waals surface area contributed by atoms with E-state index in [9.17, 15) is 19.5 Å². The average molecular weight is 340 g/mol. The van der Waals surface area contributed by atoms with E-state index in [4.69, 9.17) is 9.47 Å². The van der Waals surface area contributed by atoms with Crippen LogP contribution in [0.25, 0.3) is 0 Å². The standard InChI is InChI=1S/C19H16O6/c1-11(2)19(23)25-16-10-12(24-3)8-9-15(16)17(20)13-6-4-5-7-14(13)18(21)22/h4-10H,1H2,2-3H3,(H,21,22). The number of methoxy groups -OCH3 is 1. The van der Waals surface area contributed by atoms with E-state index in [1.807, 2.05) is 0 Å². The zero-order chi connectivity index (χ0) is 18.6. The van der Waals surface area contributed by atoms with Crippen LogP contribution in [0.5, 0.6) is 11.5 Å². The fourth-order valence-corrected chi connectivity index (χ4v) is 2.10. The van der Waals surface area contributed by atoms with Crippen molar-refractivity contribution >= 4 is 17.7 Å². The molecule has 25 heavy (non-hydrogen) atoms. The normalized spacial score (nSPS) is 10.0. The summed E-state index contributed by atoms with van der Waals surface area (Å²) >= 11 is 0. The van der Waals surface area contributed by atoms with E-state index >= 15 is 0 Å². The molecule has 6 heteroatoms. The Morgan fingerprint density at radius 1 is 1.00 bits per heavy atom. The molecule has 2 rings (SSSR count). The van der Waals surface area contributed by atoms with Crippen LogP contribution in [0.3, 0.4) is 0 Å². The van der Waals surface area contributed by atoms with Crippen molar-refractivity contribution in [2.45, 2.75) is 6.92 Å². The quantitative estimate of drug-likeness (QED) is 0.376. The molecule has 2 aromatic carbocycles. The van der Waals surface area contributed by atoms with E-state index in [0.717, 1.165) is 0 Å². The number of ketones is 1. The van der Waals surface area contributed by atoms with E-state index in [-0.39, 0.29) is 28.0 Å². The predicted octanol–water partition coefficient (Wildman–Crippen LogP) is 3.11. The van der Waals surface area contributed by atoms with Gasteiger partial charge in [-0.15, -0.1) is 0 Å². The van der Waals surface area contributed by atoms with Crippen LogP contribution in [0.4, 0.5) is 0 Å². The van der Waals surface area contributed by atoms with E-state index < -0.39 is 17.7 Å². The summed E-state index contributed by atoms with van der Waals surface area (Å²) in [5.41, 5.74) is 0.0598. The Kier molecular flexibility index (Phi) is 5.34. The van der Waals surface area contributed by atoms with E-state index in [2.05, 4.69) is 6.58 Å². The minimum absolute atomic E-state index is 0.00668. The molecular weight excluding hydrogens is 324 g/mol. The number of rotatable bonds is 6. The number of hydrogen-bond acceptors (Lipinski definition) is 5. The molecule has 0 aliphatic rings. The summed E-state index contributed by atoms with van der Waals surface area (Å²) in [6.45, 7) is 4.97. The minimum Gasteiger partial charge on any atom is -0.497 e. The second kappa shape index (κ2) is 7.44. The van der Waals surface area contributed by atoms with Gasteiger partial charge in [0.1, 0.15) is 11.5 Å². The zero-order valence-corrected chi connectivity index (χ0v) is 13.7. The van der Waals surface area contributed by atoms with Crippen LogP contribution in [0, 0.1) is 0 Å². The maximum absolute atomic E-state index is 12.8. The number of hydrogen-bond donors (Lipinski definition) is 1. The number of aromatic carboxylic acids is 1. The Morgan fingerprint density at radius 3 is 2.20 bits per heavy atom. The maximum Gasteiger partial charge on any atom is 0.338 e. The highest BCUT2D eigenvalue weighted by Crippen LogP contribution is 2.28. The van der Waals surface area contributed by atoms with Crippen LogP contribution >= 0.6 is 0 Å². The Labute approximate surface area is 144 Å². The van der Waals surface area contributed by atoms with Gasteiger partial charge >= 0.3 is 11.9 Å². The van der Waals surface area contributed by atoms with Crippen molar-refractivity contribution in [2.24, 2.45) is 0 Å². The summed E-state index contributed by atoms with van der Waals surface area (Å²) in [6, 6.07) is 10.1. The predicted molar refractivity (Wildman–Crippen MR) is 90.3 cm³/mol. The summed E-state index contributed by atoms with van der Waals surface area (Å²) in [5.74, 6) is -2.15. The van der Waals surface area contributed by atoms with Gasteiger partial charge in [0, 0.05) is 17.2 Å². The van der Waals surface area contributed by atoms with Crippen LogP contribution in [-0.2, 0) is 4.79 Å². The van der Waals surface area contributed by atoms with Gasteiger partial charge in [0.15, 0.2) is 5.78 Å². The fourth-order valence-electron chi connectivity index (χ4n) is 2.10. The molecule has 0 amide bonds. The molecule has 6 nitrogen and oxygen atoms in total. The molecule has 0 bridgehead atoms. The van der Waals surface area contributed by atoms with Crippen LogP contribution in [0.15, 0.2) is 54.6 Å². The van der Waals surface area contributed by atoms with Gasteiger partial charge in [-0.25, -0.2) is 9.59 Å². The molecular formula is C19H16O6. The number of benzene rings is 2. The molecule has 0 aromatic heterocycles. The van der Waals surface area contributed by atoms with E-state index in [1.54, 1.807) is 6.07 Å². The molecule has 0 heterocycles. The van der Waals surface area contributed by atoms with Crippen molar-refractivity contribution < 1.29 is 29.0 Å². The second-order valence-corrected chi connectivity index (χ2v) is 5.21. The molecule has 0 aliphatic heterocycles. The summed E-state index contributed by atoms with van der Waals surface area (Å²) in [4.78, 5) is 36.0. The Morgan fingerprint density at radius 2 is 1.64 bits per heavy atom. The Balaban J connectivity index is 2.54. The molecule has 0 aliphatic carbocycles. The van der Waals surface area contributed by atoms with Crippen molar-refractivity contribution in [3.8, 4) is 11.5 Å². The third kappa shape index (κ3) is 3.92. The van der Waals surface area contributed by atoms with Crippen molar-refractivity contribution in [1.29, 1.82) is 0 Å². The van der Waals surface area contributed by atoms with Crippen LogP contribution in [0.1, 0.15) is 33.2 Å². The molecule has 0 radical (unpaired) electrons. The molecule has 0 fully saturated rings. The lowest BCUT2D eigenvalue weighted by molar-refractivity contribution is -0.130. The molecule has 1 N–H and O–H groups in total. The summed E-state index contributed by atoms with van der Waals surface area (Å²) in [6.07, 6.45) is 0. The molecule has 0 unspecified atom stereocenters. The topological polar surface area (TPSA) is 89.9 Å². The molecule has 0 spiro atoms. The molecule has 2 aromatic rings. The largest absolute Gasteiger partial charge is 0.497 e. The number of carboxylic acid groups (broad SMARTS) is 1. The lowest BCUT2D eigenvalue weighted by atomic mass is 9.97. The smallest absolute Gasteiger partial charge is 0.338 e. The average Bonchev–Trinajstić information content (AvgIpc) is 2.60. The van der Waals surface area contributed by atoms with Crippen molar-refractivity contribution in [2.75, 3.05) is 7.11 Å². The van der Waals surface area contributed by atoms with Gasteiger partial charge in [-0.05, 0) is 25.1 Å². The second-order valence-electron chi connectivity index (χ2n) is 5.21. The summed E-state index contributed by atoms with van der Waals surface area (Å²) < 4.78 is 10.3. The number of esters is 1. The van der Waals surface area contributed by atoms with Crippen LogP contribution in [0.2, 0.25) is 0 Å². The van der Waals surface area contributed by atoms with Crippen molar-refractivity contribution in [1.82, 2.24) is 0 Å². The van der Waals surface area contributed by atoms with Gasteiger partial charge in [0.05, 0.1) is 18.2 Å². The number of ether oxygens (including phenoxy) is 2. The first-order valence-corrected chi connectivity index (χ1v) is 7.28. The monoisotopic (exact) mass is 340 g/mol. The van der Waals surface area contributed by atoms with Crippen LogP contribution < -0.4 is 9.47 Å². The molecule has 128 valence electrons. The zero-order valence-electron chi connectivity index (χ0n) is 13.7. The highest BCUT2D eigenvalue weighted by atomic mass is 16.5. The first-order chi connectivity index (χ1) is 11.8. The molecule has 0 saturated heterocycles. The fraction of sp³-hybridized carbons (Fsp3) is 0.105. The highest BCUT2D eigenvalue weighted by Gasteiger charge is 2.22. The Hall–Kier alpha value is -3.41. The molecule has 0 saturated carbocycles. The van der Waals surface area contributed by atoms with Gasteiger partial charge in [-0.1, -0.05) is 24.8 Å². The Bertz CT molecular complexity index is 866. The lowest BCUT2D eigenvalue weighted by Crippen LogP contribution is -2.14. The SMILES string of the molecule is C=C(C)C(=O)Oc1cc(OC)ccc1C(=O)c1ccccc1C(=O)O. The first kappa shape index (κ1) is 17.9. The number of carboxylic acids is 1. The van der Waals surface area contributed by atoms with Gasteiger partial charge < -0.3 is 14.6 Å². The van der Waals surface area contributed by atoms with Gasteiger partial charge in [0.2, 0.25) is 0 Å². The van der Waals surface area contributed by atoms with Crippen LogP contribution in [-0.4, -0.2) is 29.9 Å².